The minimum absolute atomic E-state index is 0.0329. The first-order valence-electron chi connectivity index (χ1n) is 18.7. The molecule has 0 saturated carbocycles. The SMILES string of the molecule is CCC[C@H]1N(C(=O)c2ncccc2C(F)(F)F)CCC[C@@]1(Oc1csc(C(F)(F)F)c1)C(=O)N1CCC(C#N)(c2ccccc2OCCCCCC(C)=O)CC1. The van der Waals surface area contributed by atoms with Crippen molar-refractivity contribution in [3.63, 3.8) is 0 Å². The Hall–Kier alpha value is -4.65. The number of benzene rings is 1. The topological polar surface area (TPSA) is 113 Å². The van der Waals surface area contributed by atoms with Crippen LogP contribution in [0.5, 0.6) is 11.5 Å². The predicted octanol–water partition coefficient (Wildman–Crippen LogP) is 9.02. The molecule has 16 heteroatoms. The average Bonchev–Trinajstić information content (AvgIpc) is 3.65. The molecule has 0 bridgehead atoms. The molecule has 56 heavy (non-hydrogen) atoms. The van der Waals surface area contributed by atoms with Crippen molar-refractivity contribution in [2.75, 3.05) is 26.2 Å². The van der Waals surface area contributed by atoms with Crippen LogP contribution in [0.4, 0.5) is 26.3 Å². The fourth-order valence-corrected chi connectivity index (χ4v) is 8.38. The lowest BCUT2D eigenvalue weighted by Crippen LogP contribution is -2.68. The number of nitriles is 1. The molecule has 2 atom stereocenters. The first-order valence-corrected chi connectivity index (χ1v) is 19.5. The second kappa shape index (κ2) is 17.7. The number of likely N-dealkylation sites (tertiary alicyclic amines) is 2. The van der Waals surface area contributed by atoms with E-state index in [-0.39, 0.29) is 63.3 Å². The van der Waals surface area contributed by atoms with Crippen LogP contribution in [0.1, 0.15) is 105 Å². The molecule has 2 saturated heterocycles. The Labute approximate surface area is 325 Å². The van der Waals surface area contributed by atoms with Crippen LogP contribution in [0.25, 0.3) is 0 Å². The van der Waals surface area contributed by atoms with Crippen molar-refractivity contribution in [1.82, 2.24) is 14.8 Å². The highest BCUT2D eigenvalue weighted by Gasteiger charge is 2.57. The molecule has 0 aliphatic carbocycles. The van der Waals surface area contributed by atoms with E-state index in [9.17, 15) is 46.0 Å². The summed E-state index contributed by atoms with van der Waals surface area (Å²) in [5, 5.41) is 11.7. The van der Waals surface area contributed by atoms with Gasteiger partial charge in [0.1, 0.15) is 27.9 Å². The van der Waals surface area contributed by atoms with E-state index in [1.807, 2.05) is 0 Å². The van der Waals surface area contributed by atoms with Crippen molar-refractivity contribution in [2.24, 2.45) is 0 Å². The van der Waals surface area contributed by atoms with Crippen molar-refractivity contribution in [2.45, 2.75) is 107 Å². The van der Waals surface area contributed by atoms with Gasteiger partial charge in [0.25, 0.3) is 11.8 Å². The van der Waals surface area contributed by atoms with E-state index in [4.69, 9.17) is 9.47 Å². The first kappa shape index (κ1) is 42.5. The summed E-state index contributed by atoms with van der Waals surface area (Å²) in [5.74, 6) is -1.32. The quantitative estimate of drug-likeness (QED) is 0.118. The number of alkyl halides is 6. The number of nitrogens with zero attached hydrogens (tertiary/aromatic N) is 4. The standard InChI is InChI=1S/C40H44F6N4O5S/c1-3-11-32-38(55-28-24-33(56-25-28)40(44,45)46,16-10-20-50(32)35(52)34-30(39(41,42)43)14-9-19-48-34)36(53)49-21-17-37(26-47,18-22-49)29-13-6-7-15-31(29)54-23-8-4-5-12-27(2)51/h6-7,9,13-15,19,24-25,32H,3-5,8,10-12,16-18,20-23H2,1-2H3/t32-,38+/m1/s1. The molecule has 3 aromatic rings. The van der Waals surface area contributed by atoms with Crippen LogP contribution in [0.3, 0.4) is 0 Å². The number of Topliss-reactive ketones (excluding diaryl/α,β-unsaturated/α-hetero) is 1. The number of hydrogen-bond donors (Lipinski definition) is 0. The van der Waals surface area contributed by atoms with Crippen molar-refractivity contribution < 1.29 is 50.2 Å². The van der Waals surface area contributed by atoms with Crippen LogP contribution in [-0.2, 0) is 27.4 Å². The summed E-state index contributed by atoms with van der Waals surface area (Å²) in [7, 11) is 0. The molecule has 2 aliphatic rings. The summed E-state index contributed by atoms with van der Waals surface area (Å²) in [4.78, 5) is 45.8. The Kier molecular flexibility index (Phi) is 13.4. The summed E-state index contributed by atoms with van der Waals surface area (Å²) < 4.78 is 95.8. The summed E-state index contributed by atoms with van der Waals surface area (Å²) >= 11 is 0.374. The number of carbonyl (C=O) groups is 3. The molecule has 0 unspecified atom stereocenters. The zero-order valence-corrected chi connectivity index (χ0v) is 32.0. The maximum atomic E-state index is 15.0. The molecular weight excluding hydrogens is 763 g/mol. The Morgan fingerprint density at radius 3 is 2.36 bits per heavy atom. The number of carbonyl (C=O) groups excluding carboxylic acids is 3. The van der Waals surface area contributed by atoms with Crippen LogP contribution in [0.15, 0.2) is 54.0 Å². The zero-order chi connectivity index (χ0) is 40.7. The number of ether oxygens (including phenoxy) is 2. The van der Waals surface area contributed by atoms with Gasteiger partial charge in [0.05, 0.1) is 29.7 Å². The van der Waals surface area contributed by atoms with Gasteiger partial charge in [0, 0.05) is 55.7 Å². The fourth-order valence-electron chi connectivity index (χ4n) is 7.70. The van der Waals surface area contributed by atoms with Gasteiger partial charge in [0.2, 0.25) is 5.60 Å². The Balaban J connectivity index is 1.46. The molecule has 2 aliphatic heterocycles. The molecule has 9 nitrogen and oxygen atoms in total. The molecule has 0 spiro atoms. The Morgan fingerprint density at radius 1 is 0.982 bits per heavy atom. The van der Waals surface area contributed by atoms with Crippen molar-refractivity contribution >= 4 is 28.9 Å². The molecular formula is C40H44F6N4O5S. The van der Waals surface area contributed by atoms with E-state index >= 15 is 0 Å². The van der Waals surface area contributed by atoms with E-state index in [1.165, 1.54) is 4.90 Å². The lowest BCUT2D eigenvalue weighted by atomic mass is 9.72. The normalized spacial score (nSPS) is 19.9. The van der Waals surface area contributed by atoms with Gasteiger partial charge in [0.15, 0.2) is 0 Å². The highest BCUT2D eigenvalue weighted by molar-refractivity contribution is 7.10. The maximum absolute atomic E-state index is 15.0. The van der Waals surface area contributed by atoms with Crippen molar-refractivity contribution in [1.29, 1.82) is 5.26 Å². The van der Waals surface area contributed by atoms with Crippen LogP contribution in [0.2, 0.25) is 0 Å². The number of halogens is 6. The molecule has 2 aromatic heterocycles. The summed E-state index contributed by atoms with van der Waals surface area (Å²) in [6.07, 6.45) is -4.97. The minimum Gasteiger partial charge on any atom is -0.493 e. The van der Waals surface area contributed by atoms with E-state index in [0.29, 0.717) is 48.5 Å². The highest BCUT2D eigenvalue weighted by Crippen LogP contribution is 2.45. The molecule has 2 fully saturated rings. The fraction of sp³-hybridized carbons (Fsp3) is 0.525. The van der Waals surface area contributed by atoms with E-state index in [0.717, 1.165) is 47.5 Å². The molecule has 0 radical (unpaired) electrons. The summed E-state index contributed by atoms with van der Waals surface area (Å²) in [5.41, 5.74) is -4.49. The van der Waals surface area contributed by atoms with Crippen molar-refractivity contribution in [3.8, 4) is 17.6 Å². The number of ketones is 1. The molecule has 4 heterocycles. The predicted molar refractivity (Wildman–Crippen MR) is 195 cm³/mol. The van der Waals surface area contributed by atoms with E-state index in [2.05, 4.69) is 11.1 Å². The van der Waals surface area contributed by atoms with Gasteiger partial charge in [-0.1, -0.05) is 31.5 Å². The van der Waals surface area contributed by atoms with Gasteiger partial charge in [-0.25, -0.2) is 0 Å². The van der Waals surface area contributed by atoms with Crippen LogP contribution in [-0.4, -0.2) is 70.3 Å². The van der Waals surface area contributed by atoms with Crippen LogP contribution >= 0.6 is 11.3 Å². The number of para-hydroxylation sites is 1. The van der Waals surface area contributed by atoms with Crippen LogP contribution in [0, 0.1) is 11.3 Å². The average molecular weight is 807 g/mol. The summed E-state index contributed by atoms with van der Waals surface area (Å²) in [6.45, 7) is 3.72. The van der Waals surface area contributed by atoms with E-state index in [1.54, 1.807) is 38.1 Å². The number of pyridine rings is 1. The third-order valence-corrected chi connectivity index (χ3v) is 11.4. The highest BCUT2D eigenvalue weighted by atomic mass is 32.1. The number of hydrogen-bond acceptors (Lipinski definition) is 8. The second-order valence-electron chi connectivity index (χ2n) is 14.3. The lowest BCUT2D eigenvalue weighted by Gasteiger charge is -2.51. The van der Waals surface area contributed by atoms with Crippen LogP contribution < -0.4 is 9.47 Å². The molecule has 302 valence electrons. The number of unbranched alkanes of at least 4 members (excludes halogenated alkanes) is 2. The monoisotopic (exact) mass is 806 g/mol. The minimum atomic E-state index is -4.91. The smallest absolute Gasteiger partial charge is 0.425 e. The van der Waals surface area contributed by atoms with Gasteiger partial charge in [-0.2, -0.15) is 31.6 Å². The van der Waals surface area contributed by atoms with Gasteiger partial charge < -0.3 is 24.1 Å². The molecule has 1 aromatic carbocycles. The van der Waals surface area contributed by atoms with Gasteiger partial charge in [-0.3, -0.25) is 14.6 Å². The second-order valence-corrected chi connectivity index (χ2v) is 15.2. The Morgan fingerprint density at radius 2 is 1.71 bits per heavy atom. The third-order valence-electron chi connectivity index (χ3n) is 10.5. The van der Waals surface area contributed by atoms with Gasteiger partial charge in [-0.15, -0.1) is 11.3 Å². The number of piperidine rings is 2. The maximum Gasteiger partial charge on any atom is 0.425 e. The first-order chi connectivity index (χ1) is 26.6. The third kappa shape index (κ3) is 9.30. The number of rotatable bonds is 14. The molecule has 0 N–H and O–H groups in total. The van der Waals surface area contributed by atoms with Gasteiger partial charge in [-0.05, 0) is 70.1 Å². The molecule has 5 rings (SSSR count). The lowest BCUT2D eigenvalue weighted by molar-refractivity contribution is -0.160. The number of thiophene rings is 1. The van der Waals surface area contributed by atoms with Gasteiger partial charge >= 0.3 is 12.4 Å². The summed E-state index contributed by atoms with van der Waals surface area (Å²) in [6, 6.07) is 11.0. The largest absolute Gasteiger partial charge is 0.493 e. The van der Waals surface area contributed by atoms with Crippen molar-refractivity contribution in [3.05, 3.63) is 75.7 Å². The Bertz CT molecular complexity index is 1900. The van der Waals surface area contributed by atoms with E-state index < -0.39 is 57.4 Å². The molecule has 2 amide bonds. The number of aromatic nitrogens is 1. The number of amides is 2. The zero-order valence-electron chi connectivity index (χ0n) is 31.2.